The van der Waals surface area contributed by atoms with Crippen molar-refractivity contribution in [2.75, 3.05) is 62.7 Å². The SMILES string of the molecule is CCCCOc1ccc(C(=O)N(C)c2ccc(N3CCC(NCCN4CCCCC4)C3)c(F)c2)cc1. The van der Waals surface area contributed by atoms with Crippen molar-refractivity contribution in [3.8, 4) is 5.75 Å². The van der Waals surface area contributed by atoms with Crippen molar-refractivity contribution in [2.24, 2.45) is 0 Å². The summed E-state index contributed by atoms with van der Waals surface area (Å²) in [7, 11) is 1.68. The Kier molecular flexibility index (Phi) is 9.59. The van der Waals surface area contributed by atoms with E-state index in [-0.39, 0.29) is 11.7 Å². The highest BCUT2D eigenvalue weighted by Crippen LogP contribution is 2.28. The molecule has 196 valence electrons. The third-order valence-corrected chi connectivity index (χ3v) is 7.33. The number of likely N-dealkylation sites (tertiary alicyclic amines) is 1. The molecule has 1 unspecified atom stereocenters. The molecule has 4 rings (SSSR count). The monoisotopic (exact) mass is 496 g/mol. The van der Waals surface area contributed by atoms with Crippen molar-refractivity contribution < 1.29 is 13.9 Å². The molecule has 2 aliphatic rings. The van der Waals surface area contributed by atoms with Crippen LogP contribution in [-0.4, -0.2) is 69.8 Å². The van der Waals surface area contributed by atoms with Gasteiger partial charge in [-0.2, -0.15) is 0 Å². The number of benzene rings is 2. The van der Waals surface area contributed by atoms with Crippen molar-refractivity contribution in [1.29, 1.82) is 0 Å². The lowest BCUT2D eigenvalue weighted by Gasteiger charge is -2.27. The molecule has 2 aromatic carbocycles. The molecular formula is C29H41FN4O2. The fourth-order valence-electron chi connectivity index (χ4n) is 5.06. The van der Waals surface area contributed by atoms with E-state index in [0.717, 1.165) is 51.2 Å². The van der Waals surface area contributed by atoms with Gasteiger partial charge < -0.3 is 24.8 Å². The van der Waals surface area contributed by atoms with Gasteiger partial charge >= 0.3 is 0 Å². The normalized spacial score (nSPS) is 18.4. The van der Waals surface area contributed by atoms with Crippen LogP contribution in [0.2, 0.25) is 0 Å². The summed E-state index contributed by atoms with van der Waals surface area (Å²) < 4.78 is 20.8. The number of amides is 1. The van der Waals surface area contributed by atoms with Crippen molar-refractivity contribution in [1.82, 2.24) is 10.2 Å². The van der Waals surface area contributed by atoms with Gasteiger partial charge in [0, 0.05) is 50.5 Å². The van der Waals surface area contributed by atoms with E-state index in [1.807, 2.05) is 18.2 Å². The van der Waals surface area contributed by atoms with Gasteiger partial charge in [0.15, 0.2) is 0 Å². The minimum Gasteiger partial charge on any atom is -0.494 e. The Morgan fingerprint density at radius 2 is 1.89 bits per heavy atom. The van der Waals surface area contributed by atoms with Gasteiger partial charge in [0.05, 0.1) is 12.3 Å². The van der Waals surface area contributed by atoms with E-state index in [9.17, 15) is 4.79 Å². The first-order chi connectivity index (χ1) is 17.5. The number of rotatable bonds is 11. The minimum atomic E-state index is -0.291. The quantitative estimate of drug-likeness (QED) is 0.447. The number of unbranched alkanes of at least 4 members (excludes halogenated alkanes) is 1. The maximum absolute atomic E-state index is 15.1. The van der Waals surface area contributed by atoms with E-state index in [0.29, 0.717) is 29.6 Å². The largest absolute Gasteiger partial charge is 0.494 e. The Balaban J connectivity index is 1.29. The van der Waals surface area contributed by atoms with Gasteiger partial charge in [-0.05, 0) is 81.2 Å². The van der Waals surface area contributed by atoms with Crippen LogP contribution >= 0.6 is 0 Å². The molecule has 6 nitrogen and oxygen atoms in total. The molecular weight excluding hydrogens is 455 g/mol. The van der Waals surface area contributed by atoms with E-state index >= 15 is 4.39 Å². The smallest absolute Gasteiger partial charge is 0.258 e. The fourth-order valence-corrected chi connectivity index (χ4v) is 5.06. The van der Waals surface area contributed by atoms with Crippen LogP contribution < -0.4 is 19.9 Å². The van der Waals surface area contributed by atoms with E-state index < -0.39 is 0 Å². The summed E-state index contributed by atoms with van der Waals surface area (Å²) in [5.41, 5.74) is 1.69. The zero-order valence-corrected chi connectivity index (χ0v) is 21.8. The number of nitrogens with one attached hydrogen (secondary N) is 1. The highest BCUT2D eigenvalue weighted by molar-refractivity contribution is 6.05. The molecule has 7 heteroatoms. The molecule has 2 saturated heterocycles. The molecule has 0 radical (unpaired) electrons. The van der Waals surface area contributed by atoms with Crippen LogP contribution in [-0.2, 0) is 0 Å². The molecule has 2 aliphatic heterocycles. The molecule has 36 heavy (non-hydrogen) atoms. The number of hydrogen-bond donors (Lipinski definition) is 1. The summed E-state index contributed by atoms with van der Waals surface area (Å²) in [6.07, 6.45) is 7.07. The number of nitrogens with zero attached hydrogens (tertiary/aromatic N) is 3. The third kappa shape index (κ3) is 6.98. The molecule has 2 heterocycles. The van der Waals surface area contributed by atoms with Crippen molar-refractivity contribution in [3.63, 3.8) is 0 Å². The molecule has 0 saturated carbocycles. The number of carbonyl (C=O) groups excluding carboxylic acids is 1. The second-order valence-electron chi connectivity index (χ2n) is 10.0. The lowest BCUT2D eigenvalue weighted by Crippen LogP contribution is -2.40. The van der Waals surface area contributed by atoms with Crippen LogP contribution in [0.25, 0.3) is 0 Å². The zero-order chi connectivity index (χ0) is 25.3. The van der Waals surface area contributed by atoms with Gasteiger partial charge in [0.25, 0.3) is 5.91 Å². The maximum Gasteiger partial charge on any atom is 0.258 e. The third-order valence-electron chi connectivity index (χ3n) is 7.33. The van der Waals surface area contributed by atoms with E-state index in [1.165, 1.54) is 43.3 Å². The molecule has 1 N–H and O–H groups in total. The lowest BCUT2D eigenvalue weighted by atomic mass is 10.1. The Morgan fingerprint density at radius 1 is 1.11 bits per heavy atom. The standard InChI is InChI=1S/C29H41FN4O2/c1-3-4-20-36-26-11-8-23(9-12-26)29(35)32(2)25-10-13-28(27(30)21-25)34-18-14-24(22-34)31-15-19-33-16-6-5-7-17-33/h8-13,21,24,31H,3-7,14-20,22H2,1-2H3. The molecule has 1 atom stereocenters. The summed E-state index contributed by atoms with van der Waals surface area (Å²) >= 11 is 0. The number of hydrogen-bond acceptors (Lipinski definition) is 5. The molecule has 0 aromatic heterocycles. The first kappa shape index (κ1) is 26.4. The molecule has 1 amide bonds. The van der Waals surface area contributed by atoms with Gasteiger partial charge in [-0.15, -0.1) is 0 Å². The number of carbonyl (C=O) groups is 1. The molecule has 0 aliphatic carbocycles. The van der Waals surface area contributed by atoms with Gasteiger partial charge in [0.1, 0.15) is 11.6 Å². The van der Waals surface area contributed by atoms with Crippen molar-refractivity contribution >= 4 is 17.3 Å². The summed E-state index contributed by atoms with van der Waals surface area (Å²) in [4.78, 5) is 19.1. The summed E-state index contributed by atoms with van der Waals surface area (Å²) in [5.74, 6) is 0.283. The maximum atomic E-state index is 15.1. The number of anilines is 2. The van der Waals surface area contributed by atoms with Crippen molar-refractivity contribution in [2.45, 2.75) is 51.5 Å². The predicted octanol–water partition coefficient (Wildman–Crippen LogP) is 4.94. The van der Waals surface area contributed by atoms with Crippen LogP contribution in [0, 0.1) is 5.82 Å². The second kappa shape index (κ2) is 13.1. The fraction of sp³-hybridized carbons (Fsp3) is 0.552. The summed E-state index contributed by atoms with van der Waals surface area (Å²) in [6.45, 7) is 8.93. The van der Waals surface area contributed by atoms with Gasteiger partial charge in [-0.25, -0.2) is 4.39 Å². The van der Waals surface area contributed by atoms with Crippen LogP contribution in [0.5, 0.6) is 5.75 Å². The van der Waals surface area contributed by atoms with E-state index in [4.69, 9.17) is 4.74 Å². The second-order valence-corrected chi connectivity index (χ2v) is 10.0. The van der Waals surface area contributed by atoms with Crippen LogP contribution in [0.1, 0.15) is 55.8 Å². The predicted molar refractivity (Wildman–Crippen MR) is 145 cm³/mol. The topological polar surface area (TPSA) is 48.1 Å². The van der Waals surface area contributed by atoms with Crippen LogP contribution in [0.15, 0.2) is 42.5 Å². The van der Waals surface area contributed by atoms with Gasteiger partial charge in [0.2, 0.25) is 0 Å². The first-order valence-electron chi connectivity index (χ1n) is 13.6. The Labute approximate surface area is 215 Å². The zero-order valence-electron chi connectivity index (χ0n) is 21.8. The van der Waals surface area contributed by atoms with Gasteiger partial charge in [-0.1, -0.05) is 19.8 Å². The van der Waals surface area contributed by atoms with Crippen molar-refractivity contribution in [3.05, 3.63) is 53.8 Å². The average molecular weight is 497 g/mol. The van der Waals surface area contributed by atoms with Crippen LogP contribution in [0.3, 0.4) is 0 Å². The summed E-state index contributed by atoms with van der Waals surface area (Å²) in [6, 6.07) is 12.6. The lowest BCUT2D eigenvalue weighted by molar-refractivity contribution is 0.0993. The number of piperidine rings is 1. The molecule has 0 spiro atoms. The highest BCUT2D eigenvalue weighted by Gasteiger charge is 2.25. The highest BCUT2D eigenvalue weighted by atomic mass is 19.1. The molecule has 0 bridgehead atoms. The number of ether oxygens (including phenoxy) is 1. The van der Waals surface area contributed by atoms with E-state index in [1.54, 1.807) is 25.2 Å². The van der Waals surface area contributed by atoms with Gasteiger partial charge in [-0.3, -0.25) is 4.79 Å². The minimum absolute atomic E-state index is 0.179. The Morgan fingerprint density at radius 3 is 2.61 bits per heavy atom. The average Bonchev–Trinajstić information content (AvgIpc) is 3.37. The number of halogens is 1. The molecule has 2 aromatic rings. The Bertz CT molecular complexity index is 978. The van der Waals surface area contributed by atoms with E-state index in [2.05, 4.69) is 22.0 Å². The first-order valence-corrected chi connectivity index (χ1v) is 13.6. The molecule has 2 fully saturated rings. The summed E-state index contributed by atoms with van der Waals surface area (Å²) in [5, 5.41) is 3.66. The van der Waals surface area contributed by atoms with Crippen LogP contribution in [0.4, 0.5) is 15.8 Å². The Hall–Kier alpha value is -2.64.